The predicted molar refractivity (Wildman–Crippen MR) is 93.8 cm³/mol. The Balaban J connectivity index is 1.44. The molecule has 1 aliphatic heterocycles. The molecule has 2 N–H and O–H groups in total. The highest BCUT2D eigenvalue weighted by Crippen LogP contribution is 2.21. The van der Waals surface area contributed by atoms with Gasteiger partial charge in [-0.1, -0.05) is 18.2 Å². The smallest absolute Gasteiger partial charge is 0.251 e. The van der Waals surface area contributed by atoms with Crippen molar-refractivity contribution in [3.63, 3.8) is 0 Å². The number of hydrogen-bond acceptors (Lipinski definition) is 5. The van der Waals surface area contributed by atoms with Crippen LogP contribution in [-0.4, -0.2) is 38.7 Å². The Morgan fingerprint density at radius 3 is 2.76 bits per heavy atom. The number of fused-ring (bicyclic) bond motifs is 1. The third-order valence-corrected chi connectivity index (χ3v) is 4.36. The lowest BCUT2D eigenvalue weighted by Gasteiger charge is -2.27. The van der Waals surface area contributed by atoms with Gasteiger partial charge in [0, 0.05) is 17.8 Å². The predicted octanol–water partition coefficient (Wildman–Crippen LogP) is 1.74. The van der Waals surface area contributed by atoms with Gasteiger partial charge in [0.1, 0.15) is 0 Å². The summed E-state index contributed by atoms with van der Waals surface area (Å²) in [6.45, 7) is 2.55. The summed E-state index contributed by atoms with van der Waals surface area (Å²) < 4.78 is 1.63. The molecule has 2 heterocycles. The van der Waals surface area contributed by atoms with Gasteiger partial charge in [-0.25, -0.2) is 0 Å². The van der Waals surface area contributed by atoms with Crippen LogP contribution < -0.4 is 10.6 Å². The van der Waals surface area contributed by atoms with E-state index >= 15 is 0 Å². The average Bonchev–Trinajstić information content (AvgIpc) is 3.08. The van der Waals surface area contributed by atoms with Crippen molar-refractivity contribution in [2.24, 2.45) is 0 Å². The molecule has 126 valence electrons. The quantitative estimate of drug-likeness (QED) is 0.762. The molecule has 1 aliphatic rings. The minimum atomic E-state index is -0.0776. The van der Waals surface area contributed by atoms with Crippen molar-refractivity contribution in [2.45, 2.75) is 19.4 Å². The summed E-state index contributed by atoms with van der Waals surface area (Å²) in [6.07, 6.45) is 0.830. The van der Waals surface area contributed by atoms with Gasteiger partial charge in [-0.05, 0) is 59.7 Å². The summed E-state index contributed by atoms with van der Waals surface area (Å²) in [7, 11) is 0. The van der Waals surface area contributed by atoms with E-state index in [0.29, 0.717) is 11.4 Å². The Kier molecular flexibility index (Phi) is 3.89. The molecule has 4 rings (SSSR count). The van der Waals surface area contributed by atoms with Crippen LogP contribution in [0.4, 0.5) is 5.69 Å². The molecule has 7 nitrogen and oxygen atoms in total. The number of nitrogens with zero attached hydrogens (tertiary/aromatic N) is 4. The fourth-order valence-corrected chi connectivity index (χ4v) is 3.04. The first-order valence-corrected chi connectivity index (χ1v) is 8.19. The first-order valence-electron chi connectivity index (χ1n) is 8.19. The second-order valence-corrected chi connectivity index (χ2v) is 6.10. The summed E-state index contributed by atoms with van der Waals surface area (Å²) in [5, 5.41) is 17.9. The van der Waals surface area contributed by atoms with Crippen LogP contribution in [0.3, 0.4) is 0 Å². The minimum Gasteiger partial charge on any atom is -0.383 e. The Labute approximate surface area is 145 Å². The second-order valence-electron chi connectivity index (χ2n) is 6.10. The van der Waals surface area contributed by atoms with Crippen LogP contribution in [0.2, 0.25) is 0 Å². The van der Waals surface area contributed by atoms with Gasteiger partial charge < -0.3 is 10.6 Å². The third kappa shape index (κ3) is 3.08. The lowest BCUT2D eigenvalue weighted by atomic mass is 9.99. The molecule has 1 aromatic heterocycles. The lowest BCUT2D eigenvalue weighted by molar-refractivity contribution is 0.0938. The van der Waals surface area contributed by atoms with E-state index in [4.69, 9.17) is 0 Å². The number of anilines is 1. The number of benzene rings is 2. The Morgan fingerprint density at radius 2 is 2.00 bits per heavy atom. The van der Waals surface area contributed by atoms with E-state index in [1.165, 1.54) is 5.56 Å². The van der Waals surface area contributed by atoms with Crippen LogP contribution in [0.5, 0.6) is 0 Å². The summed E-state index contributed by atoms with van der Waals surface area (Å²) in [5.74, 6) is 0.621. The maximum absolute atomic E-state index is 12.5. The van der Waals surface area contributed by atoms with Crippen molar-refractivity contribution in [1.29, 1.82) is 0 Å². The molecule has 0 saturated heterocycles. The molecule has 0 saturated carbocycles. The molecule has 0 bridgehead atoms. The van der Waals surface area contributed by atoms with Gasteiger partial charge in [-0.3, -0.25) is 4.79 Å². The monoisotopic (exact) mass is 334 g/mol. The zero-order chi connectivity index (χ0) is 17.2. The largest absolute Gasteiger partial charge is 0.383 e. The molecule has 2 aromatic carbocycles. The van der Waals surface area contributed by atoms with Gasteiger partial charge >= 0.3 is 0 Å². The maximum Gasteiger partial charge on any atom is 0.251 e. The van der Waals surface area contributed by atoms with Crippen molar-refractivity contribution in [2.75, 3.05) is 11.9 Å². The fraction of sp³-hybridized carbons (Fsp3) is 0.222. The van der Waals surface area contributed by atoms with Crippen LogP contribution in [0.15, 0.2) is 48.5 Å². The van der Waals surface area contributed by atoms with Crippen molar-refractivity contribution >= 4 is 11.6 Å². The number of hydrogen-bond donors (Lipinski definition) is 2. The molecular weight excluding hydrogens is 316 g/mol. The Bertz CT molecular complexity index is 902. The van der Waals surface area contributed by atoms with Crippen LogP contribution in [-0.2, 0) is 6.42 Å². The summed E-state index contributed by atoms with van der Waals surface area (Å²) >= 11 is 0. The molecule has 1 amide bonds. The van der Waals surface area contributed by atoms with E-state index in [-0.39, 0.29) is 11.9 Å². The fourth-order valence-electron chi connectivity index (χ4n) is 3.04. The van der Waals surface area contributed by atoms with Crippen molar-refractivity contribution in [3.8, 4) is 5.69 Å². The highest BCUT2D eigenvalue weighted by molar-refractivity contribution is 5.94. The lowest BCUT2D eigenvalue weighted by Crippen LogP contribution is -2.43. The normalized spacial score (nSPS) is 16.0. The zero-order valence-electron chi connectivity index (χ0n) is 13.8. The van der Waals surface area contributed by atoms with E-state index in [2.05, 4.69) is 38.3 Å². The van der Waals surface area contributed by atoms with Gasteiger partial charge in [0.15, 0.2) is 5.82 Å². The van der Waals surface area contributed by atoms with Gasteiger partial charge in [-0.15, -0.1) is 5.10 Å². The SMILES string of the molecule is Cc1nnnn1-c1ccc(C(=O)NC2CNc3ccccc3C2)cc1. The minimum absolute atomic E-state index is 0.0730. The number of para-hydroxylation sites is 1. The number of tetrazole rings is 1. The standard InChI is InChI=1S/C18H18N6O/c1-12-21-22-23-24(12)16-8-6-13(7-9-16)18(25)20-15-10-14-4-2-3-5-17(14)19-11-15/h2-9,15,19H,10-11H2,1H3,(H,20,25). The molecule has 0 radical (unpaired) electrons. The number of rotatable bonds is 3. The first-order chi connectivity index (χ1) is 12.2. The summed E-state index contributed by atoms with van der Waals surface area (Å²) in [5.41, 5.74) is 3.82. The Morgan fingerprint density at radius 1 is 1.20 bits per heavy atom. The number of aryl methyl sites for hydroxylation is 1. The average molecular weight is 334 g/mol. The molecular formula is C18H18N6O. The van der Waals surface area contributed by atoms with E-state index in [9.17, 15) is 4.79 Å². The molecule has 25 heavy (non-hydrogen) atoms. The highest BCUT2D eigenvalue weighted by atomic mass is 16.1. The number of carbonyl (C=O) groups excluding carboxylic acids is 1. The van der Waals surface area contributed by atoms with Crippen molar-refractivity contribution in [1.82, 2.24) is 25.5 Å². The Hall–Kier alpha value is -3.22. The van der Waals surface area contributed by atoms with Gasteiger partial charge in [0.25, 0.3) is 5.91 Å². The number of carbonyl (C=O) groups is 1. The molecule has 3 aromatic rings. The van der Waals surface area contributed by atoms with E-state index in [0.717, 1.165) is 24.3 Å². The third-order valence-electron chi connectivity index (χ3n) is 4.36. The molecule has 1 atom stereocenters. The van der Waals surface area contributed by atoms with Crippen LogP contribution in [0.25, 0.3) is 5.69 Å². The van der Waals surface area contributed by atoms with Crippen LogP contribution in [0, 0.1) is 6.92 Å². The van der Waals surface area contributed by atoms with E-state index in [1.807, 2.05) is 31.2 Å². The van der Waals surface area contributed by atoms with Crippen LogP contribution >= 0.6 is 0 Å². The van der Waals surface area contributed by atoms with Crippen molar-refractivity contribution < 1.29 is 4.79 Å². The summed E-state index contributed by atoms with van der Waals surface area (Å²) in [6, 6.07) is 15.5. The zero-order valence-corrected chi connectivity index (χ0v) is 13.8. The van der Waals surface area contributed by atoms with Gasteiger partial charge in [0.2, 0.25) is 0 Å². The van der Waals surface area contributed by atoms with Crippen LogP contribution in [0.1, 0.15) is 21.7 Å². The second kappa shape index (κ2) is 6.35. The van der Waals surface area contributed by atoms with Crippen molar-refractivity contribution in [3.05, 3.63) is 65.5 Å². The molecule has 0 fully saturated rings. The molecule has 1 unspecified atom stereocenters. The van der Waals surface area contributed by atoms with E-state index < -0.39 is 0 Å². The summed E-state index contributed by atoms with van der Waals surface area (Å²) in [4.78, 5) is 12.5. The van der Waals surface area contributed by atoms with E-state index in [1.54, 1.807) is 16.8 Å². The molecule has 0 spiro atoms. The highest BCUT2D eigenvalue weighted by Gasteiger charge is 2.20. The topological polar surface area (TPSA) is 84.7 Å². The number of nitrogens with one attached hydrogen (secondary N) is 2. The number of amides is 1. The molecule has 0 aliphatic carbocycles. The maximum atomic E-state index is 12.5. The molecule has 7 heteroatoms. The first kappa shape index (κ1) is 15.3. The number of aromatic nitrogens is 4. The van der Waals surface area contributed by atoms with Gasteiger partial charge in [0.05, 0.1) is 11.7 Å². The van der Waals surface area contributed by atoms with Gasteiger partial charge in [-0.2, -0.15) is 4.68 Å².